The SMILES string of the molecule is CCOc1ccc(C(=O)N2CCN(C(c3ccccc3)c3ccccc3)CC2)cc1. The van der Waals surface area contributed by atoms with Crippen LogP contribution in [0.25, 0.3) is 0 Å². The molecule has 4 nitrogen and oxygen atoms in total. The van der Waals surface area contributed by atoms with Gasteiger partial charge in [0.1, 0.15) is 5.75 Å². The van der Waals surface area contributed by atoms with Gasteiger partial charge in [-0.05, 0) is 42.3 Å². The zero-order valence-electron chi connectivity index (χ0n) is 17.4. The Morgan fingerprint density at radius 1 is 0.800 bits per heavy atom. The van der Waals surface area contributed by atoms with Crippen molar-refractivity contribution in [3.63, 3.8) is 0 Å². The Labute approximate surface area is 178 Å². The summed E-state index contributed by atoms with van der Waals surface area (Å²) in [7, 11) is 0. The summed E-state index contributed by atoms with van der Waals surface area (Å²) in [5, 5.41) is 0. The van der Waals surface area contributed by atoms with Gasteiger partial charge in [-0.15, -0.1) is 0 Å². The number of hydrogen-bond acceptors (Lipinski definition) is 3. The van der Waals surface area contributed by atoms with E-state index >= 15 is 0 Å². The van der Waals surface area contributed by atoms with Crippen LogP contribution >= 0.6 is 0 Å². The van der Waals surface area contributed by atoms with E-state index in [9.17, 15) is 4.79 Å². The molecule has 4 rings (SSSR count). The first-order chi connectivity index (χ1) is 14.8. The zero-order valence-corrected chi connectivity index (χ0v) is 17.4. The molecule has 0 bridgehead atoms. The van der Waals surface area contributed by atoms with Crippen LogP contribution in [-0.4, -0.2) is 48.5 Å². The normalized spacial score (nSPS) is 14.7. The summed E-state index contributed by atoms with van der Waals surface area (Å²) in [6.45, 7) is 5.72. The van der Waals surface area contributed by atoms with E-state index in [1.807, 2.05) is 36.1 Å². The molecule has 0 aromatic heterocycles. The predicted molar refractivity (Wildman–Crippen MR) is 120 cm³/mol. The highest BCUT2D eigenvalue weighted by molar-refractivity contribution is 5.94. The smallest absolute Gasteiger partial charge is 0.253 e. The van der Waals surface area contributed by atoms with E-state index in [-0.39, 0.29) is 11.9 Å². The van der Waals surface area contributed by atoms with Gasteiger partial charge in [-0.1, -0.05) is 60.7 Å². The van der Waals surface area contributed by atoms with Crippen molar-refractivity contribution in [3.8, 4) is 5.75 Å². The van der Waals surface area contributed by atoms with Crippen LogP contribution in [0.5, 0.6) is 5.75 Å². The number of rotatable bonds is 6. The van der Waals surface area contributed by atoms with Gasteiger partial charge in [0.05, 0.1) is 12.6 Å². The van der Waals surface area contributed by atoms with Crippen LogP contribution in [0, 0.1) is 0 Å². The maximum atomic E-state index is 13.0. The Balaban J connectivity index is 1.46. The van der Waals surface area contributed by atoms with Crippen LogP contribution in [0.15, 0.2) is 84.9 Å². The molecule has 1 amide bonds. The van der Waals surface area contributed by atoms with Gasteiger partial charge in [0.15, 0.2) is 0 Å². The first-order valence-electron chi connectivity index (χ1n) is 10.6. The van der Waals surface area contributed by atoms with E-state index in [1.165, 1.54) is 11.1 Å². The Bertz CT molecular complexity index is 894. The van der Waals surface area contributed by atoms with E-state index in [4.69, 9.17) is 4.74 Å². The highest BCUT2D eigenvalue weighted by Gasteiger charge is 2.28. The molecule has 30 heavy (non-hydrogen) atoms. The molecule has 1 aliphatic heterocycles. The molecule has 1 heterocycles. The number of carbonyl (C=O) groups is 1. The number of piperazine rings is 1. The minimum absolute atomic E-state index is 0.0914. The van der Waals surface area contributed by atoms with E-state index < -0.39 is 0 Å². The topological polar surface area (TPSA) is 32.8 Å². The lowest BCUT2D eigenvalue weighted by Crippen LogP contribution is -2.49. The minimum atomic E-state index is 0.0914. The lowest BCUT2D eigenvalue weighted by atomic mass is 9.96. The van der Waals surface area contributed by atoms with E-state index in [0.29, 0.717) is 6.61 Å². The van der Waals surface area contributed by atoms with Gasteiger partial charge in [-0.2, -0.15) is 0 Å². The third-order valence-electron chi connectivity index (χ3n) is 5.61. The van der Waals surface area contributed by atoms with Crippen molar-refractivity contribution >= 4 is 5.91 Å². The maximum absolute atomic E-state index is 13.0. The molecule has 0 N–H and O–H groups in total. The van der Waals surface area contributed by atoms with Crippen molar-refractivity contribution in [2.45, 2.75) is 13.0 Å². The van der Waals surface area contributed by atoms with E-state index in [2.05, 4.69) is 65.6 Å². The molecular formula is C26H28N2O2. The number of hydrogen-bond donors (Lipinski definition) is 0. The molecule has 3 aromatic rings. The monoisotopic (exact) mass is 400 g/mol. The third-order valence-corrected chi connectivity index (χ3v) is 5.61. The highest BCUT2D eigenvalue weighted by Crippen LogP contribution is 2.29. The van der Waals surface area contributed by atoms with Crippen molar-refractivity contribution in [1.29, 1.82) is 0 Å². The molecule has 0 unspecified atom stereocenters. The van der Waals surface area contributed by atoms with Gasteiger partial charge in [-0.25, -0.2) is 0 Å². The third kappa shape index (κ3) is 4.55. The van der Waals surface area contributed by atoms with Crippen molar-refractivity contribution in [2.75, 3.05) is 32.8 Å². The number of carbonyl (C=O) groups excluding carboxylic acids is 1. The molecule has 1 aliphatic rings. The first kappa shape index (κ1) is 20.2. The zero-order chi connectivity index (χ0) is 20.8. The van der Waals surface area contributed by atoms with Gasteiger partial charge in [0, 0.05) is 31.7 Å². The predicted octanol–water partition coefficient (Wildman–Crippen LogP) is 4.63. The Kier molecular flexibility index (Phi) is 6.45. The Hall–Kier alpha value is -3.11. The van der Waals surface area contributed by atoms with Gasteiger partial charge >= 0.3 is 0 Å². The molecule has 154 valence electrons. The second-order valence-corrected chi connectivity index (χ2v) is 7.51. The summed E-state index contributed by atoms with van der Waals surface area (Å²) in [5.41, 5.74) is 3.29. The van der Waals surface area contributed by atoms with Crippen LogP contribution in [0.3, 0.4) is 0 Å². The summed E-state index contributed by atoms with van der Waals surface area (Å²) in [6, 6.07) is 28.9. The van der Waals surface area contributed by atoms with Crippen molar-refractivity contribution in [3.05, 3.63) is 102 Å². The van der Waals surface area contributed by atoms with E-state index in [0.717, 1.165) is 37.5 Å². The van der Waals surface area contributed by atoms with Gasteiger partial charge in [0.2, 0.25) is 0 Å². The molecule has 0 atom stereocenters. The summed E-state index contributed by atoms with van der Waals surface area (Å²) in [6.07, 6.45) is 0. The van der Waals surface area contributed by atoms with Crippen molar-refractivity contribution in [1.82, 2.24) is 9.80 Å². The molecule has 1 fully saturated rings. The summed E-state index contributed by atoms with van der Waals surface area (Å²) in [5.74, 6) is 0.890. The Morgan fingerprint density at radius 3 is 1.83 bits per heavy atom. The molecule has 4 heteroatoms. The highest BCUT2D eigenvalue weighted by atomic mass is 16.5. The van der Waals surface area contributed by atoms with Gasteiger partial charge < -0.3 is 9.64 Å². The number of benzene rings is 3. The van der Waals surface area contributed by atoms with Crippen LogP contribution in [0.2, 0.25) is 0 Å². The van der Waals surface area contributed by atoms with Crippen LogP contribution < -0.4 is 4.74 Å². The molecule has 0 aliphatic carbocycles. The molecule has 0 radical (unpaired) electrons. The minimum Gasteiger partial charge on any atom is -0.494 e. The van der Waals surface area contributed by atoms with Crippen LogP contribution in [0.4, 0.5) is 0 Å². The Morgan fingerprint density at radius 2 is 1.33 bits per heavy atom. The fourth-order valence-corrected chi connectivity index (χ4v) is 4.11. The van der Waals surface area contributed by atoms with Gasteiger partial charge in [0.25, 0.3) is 5.91 Å². The molecule has 0 spiro atoms. The first-order valence-corrected chi connectivity index (χ1v) is 10.6. The molecule has 3 aromatic carbocycles. The number of ether oxygens (including phenoxy) is 1. The average molecular weight is 401 g/mol. The summed E-state index contributed by atoms with van der Waals surface area (Å²) >= 11 is 0. The molecule has 0 saturated carbocycles. The fraction of sp³-hybridized carbons (Fsp3) is 0.269. The van der Waals surface area contributed by atoms with Crippen molar-refractivity contribution < 1.29 is 9.53 Å². The number of nitrogens with zero attached hydrogens (tertiary/aromatic N) is 2. The lowest BCUT2D eigenvalue weighted by Gasteiger charge is -2.39. The van der Waals surface area contributed by atoms with Crippen LogP contribution in [-0.2, 0) is 0 Å². The second-order valence-electron chi connectivity index (χ2n) is 7.51. The average Bonchev–Trinajstić information content (AvgIpc) is 2.81. The molecule has 1 saturated heterocycles. The maximum Gasteiger partial charge on any atom is 0.253 e. The lowest BCUT2D eigenvalue weighted by molar-refractivity contribution is 0.0597. The summed E-state index contributed by atoms with van der Waals surface area (Å²) < 4.78 is 5.48. The summed E-state index contributed by atoms with van der Waals surface area (Å²) in [4.78, 5) is 17.4. The van der Waals surface area contributed by atoms with E-state index in [1.54, 1.807) is 0 Å². The number of amides is 1. The molecular weight excluding hydrogens is 372 g/mol. The largest absolute Gasteiger partial charge is 0.494 e. The van der Waals surface area contributed by atoms with Crippen molar-refractivity contribution in [2.24, 2.45) is 0 Å². The quantitative estimate of drug-likeness (QED) is 0.605. The van der Waals surface area contributed by atoms with Crippen LogP contribution in [0.1, 0.15) is 34.5 Å². The second kappa shape index (κ2) is 9.59. The standard InChI is InChI=1S/C26H28N2O2/c1-2-30-24-15-13-23(14-16-24)26(29)28-19-17-27(18-20-28)25(21-9-5-3-6-10-21)22-11-7-4-8-12-22/h3-16,25H,2,17-20H2,1H3. The fourth-order valence-electron chi connectivity index (χ4n) is 4.11. The van der Waals surface area contributed by atoms with Gasteiger partial charge in [-0.3, -0.25) is 9.69 Å².